The second-order valence-corrected chi connectivity index (χ2v) is 4.60. The molecule has 0 saturated carbocycles. The minimum Gasteiger partial charge on any atom is -0.475 e. The van der Waals surface area contributed by atoms with Crippen molar-refractivity contribution in [1.29, 1.82) is 0 Å². The van der Waals surface area contributed by atoms with Gasteiger partial charge in [0.1, 0.15) is 0 Å². The third-order valence-electron chi connectivity index (χ3n) is 3.37. The molecule has 2 aromatic rings. The van der Waals surface area contributed by atoms with Gasteiger partial charge in [-0.3, -0.25) is 0 Å². The number of anilines is 1. The maximum absolute atomic E-state index is 11.0. The van der Waals surface area contributed by atoms with Crippen LogP contribution in [0.25, 0.3) is 0 Å². The summed E-state index contributed by atoms with van der Waals surface area (Å²) in [7, 11) is 0. The number of hydrogen-bond acceptors (Lipinski definition) is 4. The first-order chi connectivity index (χ1) is 9.16. The molecule has 1 aromatic heterocycles. The standard InChI is InChI=1S/C13H14N4O2/c1-8-4-2-3-5-9(8)10-6-7-14-13-15-11(12(18)19)16-17(10)13/h2-5,10H,6-7H2,1H3,(H,18,19)(H,14,15,16). The molecule has 6 heteroatoms. The van der Waals surface area contributed by atoms with Crippen molar-refractivity contribution in [2.24, 2.45) is 0 Å². The van der Waals surface area contributed by atoms with E-state index in [4.69, 9.17) is 5.11 Å². The van der Waals surface area contributed by atoms with E-state index in [9.17, 15) is 4.79 Å². The minimum atomic E-state index is -1.10. The Kier molecular flexibility index (Phi) is 2.70. The first-order valence-corrected chi connectivity index (χ1v) is 6.16. The van der Waals surface area contributed by atoms with Gasteiger partial charge in [0.25, 0.3) is 5.82 Å². The van der Waals surface area contributed by atoms with Crippen molar-refractivity contribution in [3.63, 3.8) is 0 Å². The van der Waals surface area contributed by atoms with Crippen LogP contribution in [0.15, 0.2) is 24.3 Å². The molecular formula is C13H14N4O2. The molecule has 2 N–H and O–H groups in total. The number of hydrogen-bond donors (Lipinski definition) is 2. The van der Waals surface area contributed by atoms with Crippen LogP contribution < -0.4 is 5.32 Å². The molecule has 98 valence electrons. The Hall–Kier alpha value is -2.37. The normalized spacial score (nSPS) is 17.6. The number of carbonyl (C=O) groups is 1. The highest BCUT2D eigenvalue weighted by Crippen LogP contribution is 2.30. The van der Waals surface area contributed by atoms with Crippen LogP contribution in [0, 0.1) is 6.92 Å². The molecule has 6 nitrogen and oxygen atoms in total. The molecule has 0 saturated heterocycles. The van der Waals surface area contributed by atoms with Crippen molar-refractivity contribution in [2.45, 2.75) is 19.4 Å². The Morgan fingerprint density at radius 2 is 2.26 bits per heavy atom. The highest BCUT2D eigenvalue weighted by molar-refractivity contribution is 5.83. The van der Waals surface area contributed by atoms with Gasteiger partial charge in [-0.2, -0.15) is 4.98 Å². The van der Waals surface area contributed by atoms with E-state index in [1.807, 2.05) is 25.1 Å². The van der Waals surface area contributed by atoms with Crippen molar-refractivity contribution in [3.8, 4) is 0 Å². The van der Waals surface area contributed by atoms with Crippen LogP contribution in [-0.2, 0) is 0 Å². The number of benzene rings is 1. The maximum Gasteiger partial charge on any atom is 0.375 e. The van der Waals surface area contributed by atoms with Gasteiger partial charge in [0.05, 0.1) is 6.04 Å². The van der Waals surface area contributed by atoms with E-state index in [1.54, 1.807) is 4.68 Å². The van der Waals surface area contributed by atoms with Crippen LogP contribution in [0.5, 0.6) is 0 Å². The molecule has 0 spiro atoms. The first-order valence-electron chi connectivity index (χ1n) is 6.16. The summed E-state index contributed by atoms with van der Waals surface area (Å²) >= 11 is 0. The lowest BCUT2D eigenvalue weighted by Gasteiger charge is -2.25. The second kappa shape index (κ2) is 4.38. The average Bonchev–Trinajstić information content (AvgIpc) is 2.83. The van der Waals surface area contributed by atoms with E-state index in [1.165, 1.54) is 5.56 Å². The van der Waals surface area contributed by atoms with Crippen molar-refractivity contribution < 1.29 is 9.90 Å². The zero-order valence-electron chi connectivity index (χ0n) is 10.5. The van der Waals surface area contributed by atoms with Gasteiger partial charge < -0.3 is 10.4 Å². The number of aromatic nitrogens is 3. The fourth-order valence-electron chi connectivity index (χ4n) is 2.44. The zero-order valence-corrected chi connectivity index (χ0v) is 10.5. The van der Waals surface area contributed by atoms with Gasteiger partial charge in [-0.05, 0) is 24.5 Å². The molecule has 1 aliphatic rings. The quantitative estimate of drug-likeness (QED) is 0.856. The molecule has 0 amide bonds. The van der Waals surface area contributed by atoms with E-state index in [2.05, 4.69) is 21.5 Å². The van der Waals surface area contributed by atoms with E-state index in [0.717, 1.165) is 18.5 Å². The average molecular weight is 258 g/mol. The summed E-state index contributed by atoms with van der Waals surface area (Å²) in [6.07, 6.45) is 0.861. The van der Waals surface area contributed by atoms with Crippen molar-refractivity contribution >= 4 is 11.9 Å². The SMILES string of the molecule is Cc1ccccc1C1CCNc2nc(C(=O)O)nn21. The van der Waals surface area contributed by atoms with Gasteiger partial charge in [-0.1, -0.05) is 24.3 Å². The number of nitrogens with one attached hydrogen (secondary N) is 1. The molecule has 0 aliphatic carbocycles. The summed E-state index contributed by atoms with van der Waals surface area (Å²) < 4.78 is 1.68. The van der Waals surface area contributed by atoms with Crippen molar-refractivity contribution in [3.05, 3.63) is 41.2 Å². The molecule has 0 fully saturated rings. The number of rotatable bonds is 2. The molecule has 1 aromatic carbocycles. The molecule has 1 unspecified atom stereocenters. The Morgan fingerprint density at radius 1 is 1.47 bits per heavy atom. The molecule has 3 rings (SSSR count). The van der Waals surface area contributed by atoms with Crippen LogP contribution in [0.2, 0.25) is 0 Å². The number of carboxylic acid groups (broad SMARTS) is 1. The fourth-order valence-corrected chi connectivity index (χ4v) is 2.44. The van der Waals surface area contributed by atoms with Crippen LogP contribution in [0.1, 0.15) is 34.2 Å². The molecule has 0 bridgehead atoms. The summed E-state index contributed by atoms with van der Waals surface area (Å²) in [5.41, 5.74) is 2.33. The smallest absolute Gasteiger partial charge is 0.375 e. The van der Waals surface area contributed by atoms with Gasteiger partial charge in [0, 0.05) is 6.54 Å². The second-order valence-electron chi connectivity index (χ2n) is 4.60. The van der Waals surface area contributed by atoms with Gasteiger partial charge >= 0.3 is 5.97 Å². The third-order valence-corrected chi connectivity index (χ3v) is 3.37. The highest BCUT2D eigenvalue weighted by Gasteiger charge is 2.26. The number of nitrogens with zero attached hydrogens (tertiary/aromatic N) is 3. The summed E-state index contributed by atoms with van der Waals surface area (Å²) in [5, 5.41) is 16.2. The lowest BCUT2D eigenvalue weighted by molar-refractivity contribution is 0.0683. The van der Waals surface area contributed by atoms with Crippen molar-refractivity contribution in [1.82, 2.24) is 14.8 Å². The van der Waals surface area contributed by atoms with Crippen LogP contribution in [0.4, 0.5) is 5.95 Å². The lowest BCUT2D eigenvalue weighted by Crippen LogP contribution is -2.25. The molecule has 19 heavy (non-hydrogen) atoms. The van der Waals surface area contributed by atoms with Crippen LogP contribution >= 0.6 is 0 Å². The van der Waals surface area contributed by atoms with Crippen molar-refractivity contribution in [2.75, 3.05) is 11.9 Å². The Balaban J connectivity index is 2.07. The topological polar surface area (TPSA) is 80.0 Å². The van der Waals surface area contributed by atoms with Gasteiger partial charge in [0.15, 0.2) is 0 Å². The summed E-state index contributed by atoms with van der Waals surface area (Å²) in [4.78, 5) is 15.0. The number of aromatic carboxylic acids is 1. The predicted molar refractivity (Wildman–Crippen MR) is 69.4 cm³/mol. The molecule has 1 aliphatic heterocycles. The Morgan fingerprint density at radius 3 is 3.00 bits per heavy atom. The fraction of sp³-hybridized carbons (Fsp3) is 0.308. The maximum atomic E-state index is 11.0. The van der Waals surface area contributed by atoms with E-state index in [0.29, 0.717) is 5.95 Å². The molecule has 1 atom stereocenters. The predicted octanol–water partition coefficient (Wildman–Crippen LogP) is 1.69. The van der Waals surface area contributed by atoms with Gasteiger partial charge in [0.2, 0.25) is 5.95 Å². The monoisotopic (exact) mass is 258 g/mol. The molecular weight excluding hydrogens is 244 g/mol. The first kappa shape index (κ1) is 11.7. The summed E-state index contributed by atoms with van der Waals surface area (Å²) in [6.45, 7) is 2.81. The lowest BCUT2D eigenvalue weighted by atomic mass is 9.98. The number of carboxylic acids is 1. The largest absolute Gasteiger partial charge is 0.475 e. The summed E-state index contributed by atoms with van der Waals surface area (Å²) in [6, 6.07) is 8.12. The van der Waals surface area contributed by atoms with Gasteiger partial charge in [-0.15, -0.1) is 5.10 Å². The molecule has 0 radical (unpaired) electrons. The van der Waals surface area contributed by atoms with Crippen LogP contribution in [0.3, 0.4) is 0 Å². The van der Waals surface area contributed by atoms with Crippen LogP contribution in [-0.4, -0.2) is 32.4 Å². The van der Waals surface area contributed by atoms with E-state index >= 15 is 0 Å². The van der Waals surface area contributed by atoms with E-state index in [-0.39, 0.29) is 11.9 Å². The highest BCUT2D eigenvalue weighted by atomic mass is 16.4. The van der Waals surface area contributed by atoms with Gasteiger partial charge in [-0.25, -0.2) is 9.48 Å². The molecule has 2 heterocycles. The zero-order chi connectivity index (χ0) is 13.4. The van der Waals surface area contributed by atoms with E-state index < -0.39 is 5.97 Å². The number of fused-ring (bicyclic) bond motifs is 1. The Labute approximate surface area is 110 Å². The minimum absolute atomic E-state index is 0.0399. The Bertz CT molecular complexity index is 635. The third kappa shape index (κ3) is 1.95. The summed E-state index contributed by atoms with van der Waals surface area (Å²) in [5.74, 6) is -0.743. The number of aryl methyl sites for hydroxylation is 1.